The van der Waals surface area contributed by atoms with Crippen molar-refractivity contribution in [1.29, 1.82) is 0 Å². The van der Waals surface area contributed by atoms with Crippen LogP contribution in [0.4, 0.5) is 4.39 Å². The Kier molecular flexibility index (Phi) is 4.65. The molecule has 110 valence electrons. The SMILES string of the molecule is O=C(NCC1CCCC1)c1ccc(S(=O)(=O)Cl)cc1F. The quantitative estimate of drug-likeness (QED) is 0.868. The molecule has 1 saturated carbocycles. The number of hydrogen-bond acceptors (Lipinski definition) is 3. The Morgan fingerprint density at radius 2 is 2.00 bits per heavy atom. The molecule has 0 heterocycles. The maximum absolute atomic E-state index is 13.7. The molecule has 0 spiro atoms. The average molecular weight is 320 g/mol. The molecular formula is C13H15ClFNO3S. The van der Waals surface area contributed by atoms with E-state index in [4.69, 9.17) is 10.7 Å². The van der Waals surface area contributed by atoms with Crippen molar-refractivity contribution in [2.24, 2.45) is 5.92 Å². The van der Waals surface area contributed by atoms with E-state index in [0.29, 0.717) is 12.5 Å². The summed E-state index contributed by atoms with van der Waals surface area (Å²) in [6, 6.07) is 3.01. The topological polar surface area (TPSA) is 63.2 Å². The summed E-state index contributed by atoms with van der Waals surface area (Å²) in [4.78, 5) is 11.5. The minimum atomic E-state index is -3.99. The molecule has 0 bridgehead atoms. The van der Waals surface area contributed by atoms with Crippen LogP contribution in [0.2, 0.25) is 0 Å². The van der Waals surface area contributed by atoms with E-state index in [1.54, 1.807) is 0 Å². The maximum Gasteiger partial charge on any atom is 0.261 e. The predicted molar refractivity (Wildman–Crippen MR) is 73.7 cm³/mol. The Hall–Kier alpha value is -1.14. The van der Waals surface area contributed by atoms with Gasteiger partial charge < -0.3 is 5.32 Å². The van der Waals surface area contributed by atoms with E-state index in [1.807, 2.05) is 0 Å². The minimum absolute atomic E-state index is 0.174. The highest BCUT2D eigenvalue weighted by Gasteiger charge is 2.19. The fraction of sp³-hybridized carbons (Fsp3) is 0.462. The van der Waals surface area contributed by atoms with Crippen molar-refractivity contribution in [2.45, 2.75) is 30.6 Å². The Labute approximate surface area is 121 Å². The van der Waals surface area contributed by atoms with Crippen LogP contribution < -0.4 is 5.32 Å². The number of hydrogen-bond donors (Lipinski definition) is 1. The van der Waals surface area contributed by atoms with E-state index in [0.717, 1.165) is 43.9 Å². The van der Waals surface area contributed by atoms with Crippen molar-refractivity contribution >= 4 is 25.6 Å². The number of carbonyl (C=O) groups is 1. The molecule has 7 heteroatoms. The molecule has 20 heavy (non-hydrogen) atoms. The molecule has 4 nitrogen and oxygen atoms in total. The second kappa shape index (κ2) is 6.10. The molecule has 1 fully saturated rings. The van der Waals surface area contributed by atoms with Crippen LogP contribution in [0.25, 0.3) is 0 Å². The lowest BCUT2D eigenvalue weighted by Gasteiger charge is -2.11. The predicted octanol–water partition coefficient (Wildman–Crippen LogP) is 2.67. The number of rotatable bonds is 4. The Morgan fingerprint density at radius 3 is 2.55 bits per heavy atom. The van der Waals surface area contributed by atoms with Gasteiger partial charge in [-0.3, -0.25) is 4.79 Å². The van der Waals surface area contributed by atoms with Crippen LogP contribution in [-0.2, 0) is 9.05 Å². The molecule has 1 N–H and O–H groups in total. The lowest BCUT2D eigenvalue weighted by molar-refractivity contribution is 0.0943. The van der Waals surface area contributed by atoms with Gasteiger partial charge in [0, 0.05) is 17.2 Å². The Balaban J connectivity index is 2.06. The summed E-state index contributed by atoms with van der Waals surface area (Å²) in [7, 11) is 1.12. The third-order valence-corrected chi connectivity index (χ3v) is 4.84. The summed E-state index contributed by atoms with van der Waals surface area (Å²) in [5.41, 5.74) is -0.174. The van der Waals surface area contributed by atoms with Crippen molar-refractivity contribution in [1.82, 2.24) is 5.32 Å². The molecular weight excluding hydrogens is 305 g/mol. The van der Waals surface area contributed by atoms with Crippen LogP contribution >= 0.6 is 10.7 Å². The minimum Gasteiger partial charge on any atom is -0.352 e. The van der Waals surface area contributed by atoms with Gasteiger partial charge in [-0.05, 0) is 37.0 Å². The van der Waals surface area contributed by atoms with Crippen molar-refractivity contribution in [3.63, 3.8) is 0 Å². The zero-order valence-corrected chi connectivity index (χ0v) is 12.3. The van der Waals surface area contributed by atoms with Crippen LogP contribution in [0, 0.1) is 11.7 Å². The number of amides is 1. The molecule has 2 rings (SSSR count). The van der Waals surface area contributed by atoms with Gasteiger partial charge in [0.1, 0.15) is 5.82 Å². The lowest BCUT2D eigenvalue weighted by Crippen LogP contribution is -2.29. The second-order valence-electron chi connectivity index (χ2n) is 4.94. The average Bonchev–Trinajstić information content (AvgIpc) is 2.87. The van der Waals surface area contributed by atoms with E-state index in [2.05, 4.69) is 5.32 Å². The van der Waals surface area contributed by atoms with Gasteiger partial charge in [-0.15, -0.1) is 0 Å². The molecule has 1 aromatic rings. The van der Waals surface area contributed by atoms with Gasteiger partial charge in [-0.25, -0.2) is 12.8 Å². The first-order valence-electron chi connectivity index (χ1n) is 6.40. The van der Waals surface area contributed by atoms with E-state index in [1.165, 1.54) is 0 Å². The zero-order chi connectivity index (χ0) is 14.8. The van der Waals surface area contributed by atoms with E-state index >= 15 is 0 Å². The summed E-state index contributed by atoms with van der Waals surface area (Å²) in [5.74, 6) is -0.979. The third kappa shape index (κ3) is 3.70. The van der Waals surface area contributed by atoms with Crippen molar-refractivity contribution in [3.05, 3.63) is 29.6 Å². The maximum atomic E-state index is 13.7. The molecule has 0 aliphatic heterocycles. The monoisotopic (exact) mass is 319 g/mol. The fourth-order valence-corrected chi connectivity index (χ4v) is 3.14. The molecule has 1 amide bonds. The third-order valence-electron chi connectivity index (χ3n) is 3.49. The first-order chi connectivity index (χ1) is 9.38. The van der Waals surface area contributed by atoms with Gasteiger partial charge in [-0.1, -0.05) is 12.8 Å². The summed E-state index contributed by atoms with van der Waals surface area (Å²) >= 11 is 0. The van der Waals surface area contributed by atoms with Gasteiger partial charge in [-0.2, -0.15) is 0 Å². The smallest absolute Gasteiger partial charge is 0.261 e. The number of carbonyl (C=O) groups excluding carboxylic acids is 1. The van der Waals surface area contributed by atoms with Gasteiger partial charge in [0.15, 0.2) is 0 Å². The van der Waals surface area contributed by atoms with Gasteiger partial charge >= 0.3 is 0 Å². The van der Waals surface area contributed by atoms with E-state index in [-0.39, 0.29) is 10.5 Å². The largest absolute Gasteiger partial charge is 0.352 e. The second-order valence-corrected chi connectivity index (χ2v) is 7.51. The first-order valence-corrected chi connectivity index (χ1v) is 8.71. The van der Waals surface area contributed by atoms with Crippen molar-refractivity contribution in [2.75, 3.05) is 6.54 Å². The molecule has 0 atom stereocenters. The van der Waals surface area contributed by atoms with Crippen molar-refractivity contribution < 1.29 is 17.6 Å². The van der Waals surface area contributed by atoms with Gasteiger partial charge in [0.2, 0.25) is 0 Å². The molecule has 1 aliphatic rings. The first kappa shape index (κ1) is 15.3. The molecule has 1 aliphatic carbocycles. The highest BCUT2D eigenvalue weighted by Crippen LogP contribution is 2.24. The highest BCUT2D eigenvalue weighted by molar-refractivity contribution is 8.13. The number of halogens is 2. The Morgan fingerprint density at radius 1 is 1.35 bits per heavy atom. The number of benzene rings is 1. The summed E-state index contributed by atoms with van der Waals surface area (Å²) in [5, 5.41) is 2.68. The Bertz CT molecular complexity index is 612. The summed E-state index contributed by atoms with van der Waals surface area (Å²) < 4.78 is 35.9. The van der Waals surface area contributed by atoms with Crippen LogP contribution in [0.15, 0.2) is 23.1 Å². The van der Waals surface area contributed by atoms with E-state index < -0.39 is 20.8 Å². The van der Waals surface area contributed by atoms with Crippen molar-refractivity contribution in [3.8, 4) is 0 Å². The normalized spacial score (nSPS) is 16.3. The standard InChI is InChI=1S/C13H15ClFNO3S/c14-20(18,19)10-5-6-11(12(15)7-10)13(17)16-8-9-3-1-2-4-9/h5-7,9H,1-4,8H2,(H,16,17). The van der Waals surface area contributed by atoms with Crippen LogP contribution in [-0.4, -0.2) is 20.9 Å². The van der Waals surface area contributed by atoms with Crippen LogP contribution in [0.3, 0.4) is 0 Å². The van der Waals surface area contributed by atoms with Crippen LogP contribution in [0.5, 0.6) is 0 Å². The molecule has 0 radical (unpaired) electrons. The van der Waals surface area contributed by atoms with Crippen LogP contribution in [0.1, 0.15) is 36.0 Å². The zero-order valence-electron chi connectivity index (χ0n) is 10.7. The molecule has 1 aromatic carbocycles. The lowest BCUT2D eigenvalue weighted by atomic mass is 10.1. The van der Waals surface area contributed by atoms with Gasteiger partial charge in [0.25, 0.3) is 15.0 Å². The highest BCUT2D eigenvalue weighted by atomic mass is 35.7. The summed E-state index contributed by atoms with van der Waals surface area (Å²) in [6.45, 7) is 0.522. The molecule has 0 unspecified atom stereocenters. The molecule has 0 saturated heterocycles. The fourth-order valence-electron chi connectivity index (χ4n) is 2.38. The summed E-state index contributed by atoms with van der Waals surface area (Å²) in [6.07, 6.45) is 4.48. The van der Waals surface area contributed by atoms with E-state index in [9.17, 15) is 17.6 Å². The molecule has 0 aromatic heterocycles. The number of nitrogens with one attached hydrogen (secondary N) is 1. The van der Waals surface area contributed by atoms with Gasteiger partial charge in [0.05, 0.1) is 10.5 Å².